The highest BCUT2D eigenvalue weighted by Gasteiger charge is 2.41. The molecule has 0 spiro atoms. The molecular formula is C38H52N2O8. The molecule has 1 N–H and O–H groups in total. The lowest BCUT2D eigenvalue weighted by atomic mass is 9.84. The third-order valence-electron chi connectivity index (χ3n) is 9.09. The van der Waals surface area contributed by atoms with E-state index in [9.17, 15) is 24.0 Å². The Bertz CT molecular complexity index is 1480. The van der Waals surface area contributed by atoms with E-state index in [1.165, 1.54) is 4.90 Å². The minimum atomic E-state index is -0.880. The molecule has 2 atom stereocenters. The number of hydrogen-bond donors (Lipinski definition) is 1. The standard InChI is InChI=1S/C38H52N2O8/c1-9-38(5,6)34(43)35(44)40-22-11-10-15-28(40)36(45)48-29(18-16-25-17-19-30(46-7)31(23-25)47-8)26-13-12-14-27(24-26)39-33(42)21-20-32(41)37(2,3)4/h12-14,17,19,23-24,28-29H,9-11,15-16,18,20-22H2,1-8H3,(H,39,42)/t28-,29+/m0/s1. The van der Waals surface area contributed by atoms with Crippen LogP contribution in [0.5, 0.6) is 11.5 Å². The number of ketones is 2. The van der Waals surface area contributed by atoms with Gasteiger partial charge in [0.15, 0.2) is 11.5 Å². The lowest BCUT2D eigenvalue weighted by molar-refractivity contribution is -0.164. The Labute approximate surface area is 284 Å². The maximum atomic E-state index is 13.9. The topological polar surface area (TPSA) is 128 Å². The number of methoxy groups -OCH3 is 2. The number of carbonyl (C=O) groups is 5. The maximum Gasteiger partial charge on any atom is 0.329 e. The lowest BCUT2D eigenvalue weighted by Gasteiger charge is -2.36. The van der Waals surface area contributed by atoms with Gasteiger partial charge < -0.3 is 24.4 Å². The normalized spacial score (nSPS) is 15.7. The first-order valence-electron chi connectivity index (χ1n) is 16.8. The Morgan fingerprint density at radius 1 is 0.917 bits per heavy atom. The quantitative estimate of drug-likeness (QED) is 0.166. The minimum absolute atomic E-state index is 0.00346. The van der Waals surface area contributed by atoms with Crippen LogP contribution in [0.2, 0.25) is 0 Å². The number of anilines is 1. The van der Waals surface area contributed by atoms with Crippen LogP contribution in [-0.2, 0) is 35.1 Å². The summed E-state index contributed by atoms with van der Waals surface area (Å²) in [5.74, 6) is -0.850. The minimum Gasteiger partial charge on any atom is -0.493 e. The molecule has 0 unspecified atom stereocenters. The maximum absolute atomic E-state index is 13.9. The molecule has 3 rings (SSSR count). The van der Waals surface area contributed by atoms with Crippen LogP contribution in [-0.4, -0.2) is 61.1 Å². The average molecular weight is 665 g/mol. The van der Waals surface area contributed by atoms with E-state index in [4.69, 9.17) is 14.2 Å². The Morgan fingerprint density at radius 3 is 2.27 bits per heavy atom. The third kappa shape index (κ3) is 10.1. The zero-order valence-corrected chi connectivity index (χ0v) is 29.8. The summed E-state index contributed by atoms with van der Waals surface area (Å²) >= 11 is 0. The number of benzene rings is 2. The van der Waals surface area contributed by atoms with E-state index in [0.29, 0.717) is 61.4 Å². The van der Waals surface area contributed by atoms with Crippen LogP contribution in [0.1, 0.15) is 104 Å². The number of rotatable bonds is 15. The number of hydrogen-bond acceptors (Lipinski definition) is 8. The first kappa shape index (κ1) is 38.2. The summed E-state index contributed by atoms with van der Waals surface area (Å²) in [4.78, 5) is 66.8. The van der Waals surface area contributed by atoms with Gasteiger partial charge in [-0.25, -0.2) is 4.79 Å². The zero-order valence-electron chi connectivity index (χ0n) is 29.8. The van der Waals surface area contributed by atoms with E-state index in [2.05, 4.69) is 5.32 Å². The van der Waals surface area contributed by atoms with E-state index in [-0.39, 0.29) is 24.5 Å². The van der Waals surface area contributed by atoms with Crippen molar-refractivity contribution in [1.82, 2.24) is 4.90 Å². The van der Waals surface area contributed by atoms with Gasteiger partial charge in [-0.15, -0.1) is 0 Å². The van der Waals surface area contributed by atoms with E-state index < -0.39 is 40.6 Å². The largest absolute Gasteiger partial charge is 0.493 e. The van der Waals surface area contributed by atoms with Gasteiger partial charge in [-0.05, 0) is 73.9 Å². The molecule has 1 saturated heterocycles. The number of piperidine rings is 1. The SMILES string of the molecule is CCC(C)(C)C(=O)C(=O)N1CCCC[C@H]1C(=O)O[C@H](CCc1ccc(OC)c(OC)c1)c1cccc(NC(=O)CCC(=O)C(C)(C)C)c1. The summed E-state index contributed by atoms with van der Waals surface area (Å²) in [6.45, 7) is 11.1. The second kappa shape index (κ2) is 16.8. The summed E-state index contributed by atoms with van der Waals surface area (Å²) in [5.41, 5.74) is 0.738. The molecule has 0 saturated carbocycles. The Hall–Kier alpha value is -4.21. The zero-order chi connectivity index (χ0) is 35.6. The van der Waals surface area contributed by atoms with Crippen molar-refractivity contribution in [2.45, 2.75) is 105 Å². The van der Waals surface area contributed by atoms with Crippen LogP contribution in [0, 0.1) is 10.8 Å². The number of carbonyl (C=O) groups excluding carboxylic acids is 5. The molecule has 2 aromatic rings. The van der Waals surface area contributed by atoms with Gasteiger partial charge >= 0.3 is 5.97 Å². The van der Waals surface area contributed by atoms with Crippen molar-refractivity contribution in [1.29, 1.82) is 0 Å². The smallest absolute Gasteiger partial charge is 0.329 e. The number of nitrogens with zero attached hydrogens (tertiary/aromatic N) is 1. The summed E-state index contributed by atoms with van der Waals surface area (Å²) < 4.78 is 17.0. The van der Waals surface area contributed by atoms with Gasteiger partial charge in [-0.3, -0.25) is 19.2 Å². The molecule has 1 aliphatic heterocycles. The van der Waals surface area contributed by atoms with Crippen molar-refractivity contribution >= 4 is 35.0 Å². The fourth-order valence-electron chi connectivity index (χ4n) is 5.49. The van der Waals surface area contributed by atoms with Crippen molar-refractivity contribution in [2.75, 3.05) is 26.1 Å². The molecule has 1 aliphatic rings. The first-order chi connectivity index (χ1) is 22.6. The molecule has 0 aliphatic carbocycles. The highest BCUT2D eigenvalue weighted by molar-refractivity contribution is 6.38. The molecule has 0 bridgehead atoms. The molecule has 1 heterocycles. The summed E-state index contributed by atoms with van der Waals surface area (Å²) in [5, 5.41) is 2.86. The van der Waals surface area contributed by atoms with Crippen molar-refractivity contribution in [3.8, 4) is 11.5 Å². The number of aryl methyl sites for hydroxylation is 1. The van der Waals surface area contributed by atoms with Gasteiger partial charge in [0.2, 0.25) is 11.7 Å². The van der Waals surface area contributed by atoms with Crippen molar-refractivity contribution < 1.29 is 38.2 Å². The predicted molar refractivity (Wildman–Crippen MR) is 184 cm³/mol. The highest BCUT2D eigenvalue weighted by atomic mass is 16.5. The molecule has 10 heteroatoms. The summed E-state index contributed by atoms with van der Waals surface area (Å²) in [6.07, 6.45) is 2.68. The van der Waals surface area contributed by atoms with E-state index in [0.717, 1.165) is 12.0 Å². The predicted octanol–water partition coefficient (Wildman–Crippen LogP) is 6.64. The number of likely N-dealkylation sites (tertiary alicyclic amines) is 1. The fraction of sp³-hybridized carbons (Fsp3) is 0.553. The van der Waals surface area contributed by atoms with Crippen LogP contribution in [0.4, 0.5) is 5.69 Å². The van der Waals surface area contributed by atoms with Gasteiger partial charge in [0.1, 0.15) is 17.9 Å². The van der Waals surface area contributed by atoms with Crippen LogP contribution in [0.15, 0.2) is 42.5 Å². The molecule has 10 nitrogen and oxygen atoms in total. The van der Waals surface area contributed by atoms with Crippen LogP contribution < -0.4 is 14.8 Å². The molecule has 262 valence electrons. The lowest BCUT2D eigenvalue weighted by Crippen LogP contribution is -2.53. The molecule has 1 fully saturated rings. The third-order valence-corrected chi connectivity index (χ3v) is 9.09. The molecule has 2 amide bonds. The van der Waals surface area contributed by atoms with Gasteiger partial charge in [0.05, 0.1) is 14.2 Å². The van der Waals surface area contributed by atoms with Crippen LogP contribution >= 0.6 is 0 Å². The van der Waals surface area contributed by atoms with Crippen molar-refractivity contribution in [3.05, 3.63) is 53.6 Å². The van der Waals surface area contributed by atoms with Gasteiger partial charge in [0.25, 0.3) is 5.91 Å². The monoisotopic (exact) mass is 664 g/mol. The second-order valence-corrected chi connectivity index (χ2v) is 14.1. The van der Waals surface area contributed by atoms with Gasteiger partial charge in [-0.1, -0.05) is 59.7 Å². The van der Waals surface area contributed by atoms with Crippen molar-refractivity contribution in [3.63, 3.8) is 0 Å². The Balaban J connectivity index is 1.86. The molecule has 48 heavy (non-hydrogen) atoms. The summed E-state index contributed by atoms with van der Waals surface area (Å²) in [7, 11) is 3.13. The first-order valence-corrected chi connectivity index (χ1v) is 16.8. The van der Waals surface area contributed by atoms with E-state index in [1.807, 2.05) is 52.0 Å². The summed E-state index contributed by atoms with van der Waals surface area (Å²) in [6, 6.07) is 11.8. The number of ether oxygens (including phenoxy) is 3. The van der Waals surface area contributed by atoms with E-state index >= 15 is 0 Å². The number of Topliss-reactive ketones (excluding diaryl/α,β-unsaturated/α-hetero) is 2. The van der Waals surface area contributed by atoms with Gasteiger partial charge in [-0.2, -0.15) is 0 Å². The van der Waals surface area contributed by atoms with E-state index in [1.54, 1.807) is 46.3 Å². The average Bonchev–Trinajstić information content (AvgIpc) is 3.07. The molecular weight excluding hydrogens is 612 g/mol. The Kier molecular flexibility index (Phi) is 13.3. The molecule has 0 aromatic heterocycles. The second-order valence-electron chi connectivity index (χ2n) is 14.1. The van der Waals surface area contributed by atoms with Crippen LogP contribution in [0.3, 0.4) is 0 Å². The van der Waals surface area contributed by atoms with Gasteiger partial charge in [0, 0.05) is 35.9 Å². The molecule has 0 radical (unpaired) electrons. The number of amides is 2. The number of nitrogens with one attached hydrogen (secondary N) is 1. The number of esters is 1. The van der Waals surface area contributed by atoms with Crippen LogP contribution in [0.25, 0.3) is 0 Å². The molecule has 2 aromatic carbocycles. The Morgan fingerprint density at radius 2 is 1.62 bits per heavy atom. The highest BCUT2D eigenvalue weighted by Crippen LogP contribution is 2.32. The fourth-order valence-corrected chi connectivity index (χ4v) is 5.49. The van der Waals surface area contributed by atoms with Crippen molar-refractivity contribution in [2.24, 2.45) is 10.8 Å².